The molecule has 0 saturated carbocycles. The number of likely N-dealkylation sites (N-methyl/N-ethyl adjacent to an activating group) is 1. The van der Waals surface area contributed by atoms with Crippen LogP contribution in [0.25, 0.3) is 16.7 Å². The quantitative estimate of drug-likeness (QED) is 0.365. The Bertz CT molecular complexity index is 1260. The summed E-state index contributed by atoms with van der Waals surface area (Å²) in [5.74, 6) is -0.497. The highest BCUT2D eigenvalue weighted by Gasteiger charge is 2.46. The van der Waals surface area contributed by atoms with E-state index in [-0.39, 0.29) is 18.1 Å². The van der Waals surface area contributed by atoms with E-state index in [1.807, 2.05) is 43.3 Å². The predicted molar refractivity (Wildman–Crippen MR) is 118 cm³/mol. The number of carbonyl (C=O) groups excluding carboxylic acids is 2. The Kier molecular flexibility index (Phi) is 4.86. The number of Topliss-reactive ketones (excluding diaryl/α,β-unsaturated/α-hetero) is 1. The SMILES string of the molecule is CN(C)CCN1C(=O)C(=O)/C(=C(/O)c2ccc3c(c2)OCO3)C1c1c[nH]c2ccccc12. The Balaban J connectivity index is 1.67. The number of likely N-dealkylation sites (tertiary alicyclic amines) is 1. The molecule has 0 radical (unpaired) electrons. The molecule has 5 rings (SSSR count). The van der Waals surface area contributed by atoms with E-state index in [1.165, 1.54) is 4.90 Å². The van der Waals surface area contributed by atoms with Crippen molar-refractivity contribution in [3.63, 3.8) is 0 Å². The summed E-state index contributed by atoms with van der Waals surface area (Å²) in [6.45, 7) is 1.03. The molecule has 0 aliphatic carbocycles. The summed E-state index contributed by atoms with van der Waals surface area (Å²) in [6.07, 6.45) is 1.80. The minimum atomic E-state index is -0.712. The van der Waals surface area contributed by atoms with Gasteiger partial charge in [0.2, 0.25) is 6.79 Å². The molecule has 8 heteroatoms. The number of para-hydroxylation sites is 1. The summed E-state index contributed by atoms with van der Waals surface area (Å²) >= 11 is 0. The van der Waals surface area contributed by atoms with Crippen molar-refractivity contribution in [2.45, 2.75) is 6.04 Å². The van der Waals surface area contributed by atoms with Crippen LogP contribution in [-0.2, 0) is 9.59 Å². The molecule has 2 N–H and O–H groups in total. The van der Waals surface area contributed by atoms with E-state index < -0.39 is 17.7 Å². The number of benzene rings is 2. The van der Waals surface area contributed by atoms with Crippen LogP contribution in [-0.4, -0.2) is 65.6 Å². The van der Waals surface area contributed by atoms with Crippen molar-refractivity contribution in [3.05, 3.63) is 65.4 Å². The lowest BCUT2D eigenvalue weighted by molar-refractivity contribution is -0.140. The third kappa shape index (κ3) is 3.20. The number of rotatable bonds is 5. The fraction of sp³-hybridized carbons (Fsp3) is 0.250. The van der Waals surface area contributed by atoms with Crippen molar-refractivity contribution in [2.75, 3.05) is 34.0 Å². The number of aliphatic hydroxyl groups is 1. The van der Waals surface area contributed by atoms with E-state index in [1.54, 1.807) is 24.4 Å². The minimum Gasteiger partial charge on any atom is -0.507 e. The number of aliphatic hydroxyl groups excluding tert-OH is 1. The first-order valence-corrected chi connectivity index (χ1v) is 10.3. The van der Waals surface area contributed by atoms with Gasteiger partial charge in [-0.05, 0) is 38.4 Å². The zero-order valence-corrected chi connectivity index (χ0v) is 17.8. The lowest BCUT2D eigenvalue weighted by Gasteiger charge is -2.26. The Morgan fingerprint density at radius 2 is 1.94 bits per heavy atom. The molecule has 1 amide bonds. The van der Waals surface area contributed by atoms with Crippen LogP contribution < -0.4 is 9.47 Å². The average Bonchev–Trinajstić information content (AvgIpc) is 3.48. The van der Waals surface area contributed by atoms with Crippen molar-refractivity contribution >= 4 is 28.4 Å². The molecule has 3 aromatic rings. The number of hydrogen-bond donors (Lipinski definition) is 2. The van der Waals surface area contributed by atoms with Crippen molar-refractivity contribution < 1.29 is 24.2 Å². The average molecular weight is 433 g/mol. The van der Waals surface area contributed by atoms with E-state index in [9.17, 15) is 14.7 Å². The van der Waals surface area contributed by atoms with Gasteiger partial charge in [-0.1, -0.05) is 18.2 Å². The zero-order chi connectivity index (χ0) is 22.4. The second-order valence-electron chi connectivity index (χ2n) is 8.15. The third-order valence-electron chi connectivity index (χ3n) is 5.89. The maximum Gasteiger partial charge on any atom is 0.295 e. The van der Waals surface area contributed by atoms with Crippen LogP contribution >= 0.6 is 0 Å². The Labute approximate surface area is 184 Å². The Hall–Kier alpha value is -3.78. The van der Waals surface area contributed by atoms with Gasteiger partial charge in [-0.15, -0.1) is 0 Å². The van der Waals surface area contributed by atoms with Gasteiger partial charge >= 0.3 is 0 Å². The second kappa shape index (κ2) is 7.72. The smallest absolute Gasteiger partial charge is 0.295 e. The van der Waals surface area contributed by atoms with Crippen LogP contribution in [0.3, 0.4) is 0 Å². The largest absolute Gasteiger partial charge is 0.507 e. The number of carbonyl (C=O) groups is 2. The second-order valence-corrected chi connectivity index (χ2v) is 8.15. The standard InChI is InChI=1S/C24H23N3O5/c1-26(2)9-10-27-21(16-12-25-17-6-4-3-5-15(16)17)20(23(29)24(27)30)22(28)14-7-8-18-19(11-14)32-13-31-18/h3-8,11-12,21,25,28H,9-10,13H2,1-2H3/b22-20+. The highest BCUT2D eigenvalue weighted by Crippen LogP contribution is 2.43. The summed E-state index contributed by atoms with van der Waals surface area (Å²) in [4.78, 5) is 32.9. The van der Waals surface area contributed by atoms with E-state index in [0.29, 0.717) is 30.2 Å². The number of nitrogens with zero attached hydrogens (tertiary/aromatic N) is 2. The van der Waals surface area contributed by atoms with Crippen molar-refractivity contribution in [2.24, 2.45) is 0 Å². The molecule has 1 saturated heterocycles. The summed E-state index contributed by atoms with van der Waals surface area (Å²) in [7, 11) is 3.81. The van der Waals surface area contributed by atoms with Gasteiger partial charge in [-0.2, -0.15) is 0 Å². The number of amides is 1. The summed E-state index contributed by atoms with van der Waals surface area (Å²) < 4.78 is 10.8. The van der Waals surface area contributed by atoms with E-state index in [0.717, 1.165) is 16.5 Å². The topological polar surface area (TPSA) is 95.1 Å². The van der Waals surface area contributed by atoms with Gasteiger partial charge in [0.1, 0.15) is 5.76 Å². The van der Waals surface area contributed by atoms with Crippen molar-refractivity contribution in [3.8, 4) is 11.5 Å². The number of ether oxygens (including phenoxy) is 2. The van der Waals surface area contributed by atoms with Crippen LogP contribution in [0.1, 0.15) is 17.2 Å². The lowest BCUT2D eigenvalue weighted by Crippen LogP contribution is -2.35. The Morgan fingerprint density at radius 1 is 1.16 bits per heavy atom. The zero-order valence-electron chi connectivity index (χ0n) is 17.8. The molecule has 1 aromatic heterocycles. The maximum absolute atomic E-state index is 13.2. The normalized spacial score (nSPS) is 19.5. The van der Waals surface area contributed by atoms with Crippen LogP contribution in [0, 0.1) is 0 Å². The fourth-order valence-electron chi connectivity index (χ4n) is 4.26. The molecular weight excluding hydrogens is 410 g/mol. The number of H-pyrrole nitrogens is 1. The highest BCUT2D eigenvalue weighted by molar-refractivity contribution is 6.46. The Morgan fingerprint density at radius 3 is 2.75 bits per heavy atom. The summed E-state index contributed by atoms with van der Waals surface area (Å²) in [6, 6.07) is 11.9. The van der Waals surface area contributed by atoms with Crippen molar-refractivity contribution in [1.82, 2.24) is 14.8 Å². The van der Waals surface area contributed by atoms with Gasteiger partial charge in [0.05, 0.1) is 11.6 Å². The predicted octanol–water partition coefficient (Wildman–Crippen LogP) is 2.88. The molecule has 0 bridgehead atoms. The first-order chi connectivity index (χ1) is 15.5. The number of aromatic nitrogens is 1. The highest BCUT2D eigenvalue weighted by atomic mass is 16.7. The number of ketones is 1. The summed E-state index contributed by atoms with van der Waals surface area (Å²) in [5, 5.41) is 12.1. The van der Waals surface area contributed by atoms with Gasteiger partial charge in [0, 0.05) is 41.3 Å². The minimum absolute atomic E-state index is 0.0670. The molecule has 32 heavy (non-hydrogen) atoms. The number of hydrogen-bond acceptors (Lipinski definition) is 6. The molecular formula is C24H23N3O5. The molecule has 2 aliphatic heterocycles. The fourth-order valence-corrected chi connectivity index (χ4v) is 4.26. The van der Waals surface area contributed by atoms with Gasteiger partial charge in [0.25, 0.3) is 11.7 Å². The van der Waals surface area contributed by atoms with E-state index in [2.05, 4.69) is 4.98 Å². The molecule has 2 aliphatic rings. The molecule has 2 aromatic carbocycles. The summed E-state index contributed by atoms with van der Waals surface area (Å²) in [5.41, 5.74) is 2.12. The van der Waals surface area contributed by atoms with Gasteiger partial charge in [-0.25, -0.2) is 0 Å². The number of nitrogens with one attached hydrogen (secondary N) is 1. The molecule has 164 valence electrons. The molecule has 1 unspecified atom stereocenters. The van der Waals surface area contributed by atoms with Crippen molar-refractivity contribution in [1.29, 1.82) is 0 Å². The van der Waals surface area contributed by atoms with Crippen LogP contribution in [0.2, 0.25) is 0 Å². The number of fused-ring (bicyclic) bond motifs is 2. The van der Waals surface area contributed by atoms with Crippen LogP contribution in [0.15, 0.2) is 54.2 Å². The molecule has 3 heterocycles. The van der Waals surface area contributed by atoms with Gasteiger partial charge < -0.3 is 29.4 Å². The lowest BCUT2D eigenvalue weighted by atomic mass is 9.95. The van der Waals surface area contributed by atoms with Gasteiger partial charge in [0.15, 0.2) is 11.5 Å². The first kappa shape index (κ1) is 20.1. The molecule has 1 atom stereocenters. The third-order valence-corrected chi connectivity index (χ3v) is 5.89. The monoisotopic (exact) mass is 433 g/mol. The van der Waals surface area contributed by atoms with Crippen LogP contribution in [0.4, 0.5) is 0 Å². The van der Waals surface area contributed by atoms with E-state index >= 15 is 0 Å². The number of aromatic amines is 1. The maximum atomic E-state index is 13.2. The first-order valence-electron chi connectivity index (χ1n) is 10.3. The van der Waals surface area contributed by atoms with E-state index in [4.69, 9.17) is 9.47 Å². The molecule has 0 spiro atoms. The molecule has 1 fully saturated rings. The van der Waals surface area contributed by atoms with Gasteiger partial charge in [-0.3, -0.25) is 9.59 Å². The molecule has 8 nitrogen and oxygen atoms in total. The van der Waals surface area contributed by atoms with Crippen LogP contribution in [0.5, 0.6) is 11.5 Å².